The Morgan fingerprint density at radius 2 is 1.56 bits per heavy atom. The fourth-order valence-corrected chi connectivity index (χ4v) is 1.64. The quantitative estimate of drug-likeness (QED) is 0.790. The van der Waals surface area contributed by atoms with E-state index in [4.69, 9.17) is 14.2 Å². The van der Waals surface area contributed by atoms with Crippen LogP contribution in [0.15, 0.2) is 17.5 Å². The molecule has 4 heteroatoms. The molecule has 88 valence electrons. The molecule has 0 fully saturated rings. The zero-order valence-corrected chi connectivity index (χ0v) is 10.8. The molecule has 0 aliphatic rings. The Bertz CT molecular complexity index is 350. The van der Waals surface area contributed by atoms with Crippen molar-refractivity contribution in [2.75, 3.05) is 27.6 Å². The lowest BCUT2D eigenvalue weighted by atomic mass is 10.2. The van der Waals surface area contributed by atoms with Crippen LogP contribution in [0.25, 0.3) is 6.08 Å². The van der Waals surface area contributed by atoms with E-state index in [1.165, 1.54) is 0 Å². The first-order valence-electron chi connectivity index (χ1n) is 4.76. The van der Waals surface area contributed by atoms with Gasteiger partial charge in [0, 0.05) is 0 Å². The van der Waals surface area contributed by atoms with Gasteiger partial charge < -0.3 is 14.2 Å². The minimum absolute atomic E-state index is 0.617. The van der Waals surface area contributed by atoms with Crippen molar-refractivity contribution in [2.45, 2.75) is 0 Å². The van der Waals surface area contributed by atoms with Crippen LogP contribution in [0.3, 0.4) is 0 Å². The molecule has 0 N–H and O–H groups in total. The summed E-state index contributed by atoms with van der Waals surface area (Å²) < 4.78 is 15.7. The molecule has 0 bridgehead atoms. The summed E-state index contributed by atoms with van der Waals surface area (Å²) in [4.78, 5) is 0. The predicted molar refractivity (Wildman–Crippen MR) is 68.6 cm³/mol. The highest BCUT2D eigenvalue weighted by atomic mass is 32.2. The van der Waals surface area contributed by atoms with Crippen molar-refractivity contribution in [1.29, 1.82) is 0 Å². The molecule has 0 amide bonds. The van der Waals surface area contributed by atoms with Crippen LogP contribution in [-0.2, 0) is 0 Å². The van der Waals surface area contributed by atoms with Gasteiger partial charge in [0.05, 0.1) is 21.3 Å². The number of methoxy groups -OCH3 is 3. The summed E-state index contributed by atoms with van der Waals surface area (Å²) in [6.45, 7) is 0. The van der Waals surface area contributed by atoms with Crippen molar-refractivity contribution in [3.8, 4) is 17.2 Å². The van der Waals surface area contributed by atoms with Crippen LogP contribution < -0.4 is 14.2 Å². The number of hydrogen-bond acceptors (Lipinski definition) is 4. The summed E-state index contributed by atoms with van der Waals surface area (Å²) in [6, 6.07) is 3.82. The molecule has 0 spiro atoms. The summed E-state index contributed by atoms with van der Waals surface area (Å²) in [6.07, 6.45) is 4.00. The zero-order chi connectivity index (χ0) is 12.0. The molecule has 0 saturated carbocycles. The minimum atomic E-state index is 0.617. The van der Waals surface area contributed by atoms with Crippen LogP contribution in [-0.4, -0.2) is 27.6 Å². The van der Waals surface area contributed by atoms with Gasteiger partial charge in [0.1, 0.15) is 0 Å². The first-order chi connectivity index (χ1) is 7.76. The van der Waals surface area contributed by atoms with E-state index in [9.17, 15) is 0 Å². The molecule has 0 aliphatic heterocycles. The van der Waals surface area contributed by atoms with Gasteiger partial charge in [0.2, 0.25) is 5.75 Å². The van der Waals surface area contributed by atoms with E-state index in [0.29, 0.717) is 17.2 Å². The van der Waals surface area contributed by atoms with Crippen molar-refractivity contribution in [1.82, 2.24) is 0 Å². The second-order valence-corrected chi connectivity index (χ2v) is 3.74. The number of rotatable bonds is 5. The van der Waals surface area contributed by atoms with Crippen molar-refractivity contribution in [3.63, 3.8) is 0 Å². The fourth-order valence-electron chi connectivity index (χ4n) is 1.34. The van der Waals surface area contributed by atoms with Crippen molar-refractivity contribution in [3.05, 3.63) is 23.1 Å². The van der Waals surface area contributed by atoms with Gasteiger partial charge in [-0.3, -0.25) is 0 Å². The lowest BCUT2D eigenvalue weighted by Crippen LogP contribution is -1.95. The molecule has 1 aromatic rings. The molecule has 0 heterocycles. The van der Waals surface area contributed by atoms with Gasteiger partial charge in [0.25, 0.3) is 0 Å². The zero-order valence-electron chi connectivity index (χ0n) is 9.94. The minimum Gasteiger partial charge on any atom is -0.493 e. The van der Waals surface area contributed by atoms with Gasteiger partial charge >= 0.3 is 0 Å². The van der Waals surface area contributed by atoms with E-state index in [-0.39, 0.29) is 0 Å². The van der Waals surface area contributed by atoms with Gasteiger partial charge in [0.15, 0.2) is 11.5 Å². The highest BCUT2D eigenvalue weighted by molar-refractivity contribution is 8.01. The molecule has 1 aromatic carbocycles. The third-order valence-electron chi connectivity index (χ3n) is 2.08. The molecule has 0 unspecified atom stereocenters. The molecule has 3 nitrogen and oxygen atoms in total. The molecule has 0 atom stereocenters. The lowest BCUT2D eigenvalue weighted by molar-refractivity contribution is 0.324. The SMILES string of the molecule is COc1cc(C=CSC)cc(OC)c1OC. The van der Waals surface area contributed by atoms with Gasteiger partial charge in [-0.15, -0.1) is 11.8 Å². The lowest BCUT2D eigenvalue weighted by Gasteiger charge is -2.12. The average molecular weight is 240 g/mol. The average Bonchev–Trinajstić information content (AvgIpc) is 2.34. The molecular formula is C12H16O3S. The predicted octanol–water partition coefficient (Wildman–Crippen LogP) is 3.05. The Labute approximate surface area is 100 Å². The number of ether oxygens (including phenoxy) is 3. The standard InChI is InChI=1S/C12H16O3S/c1-13-10-7-9(5-6-16-4)8-11(14-2)12(10)15-3/h5-8H,1-4H3. The fraction of sp³-hybridized carbons (Fsp3) is 0.333. The summed E-state index contributed by atoms with van der Waals surface area (Å²) >= 11 is 1.64. The summed E-state index contributed by atoms with van der Waals surface area (Å²) in [7, 11) is 4.82. The first-order valence-corrected chi connectivity index (χ1v) is 6.05. The summed E-state index contributed by atoms with van der Waals surface area (Å²) in [5, 5.41) is 2.00. The van der Waals surface area contributed by atoms with Crippen LogP contribution in [0.1, 0.15) is 5.56 Å². The van der Waals surface area contributed by atoms with E-state index < -0.39 is 0 Å². The normalized spacial score (nSPS) is 10.5. The van der Waals surface area contributed by atoms with E-state index in [2.05, 4.69) is 0 Å². The molecule has 0 aliphatic carbocycles. The van der Waals surface area contributed by atoms with Crippen LogP contribution in [0.5, 0.6) is 17.2 Å². The Morgan fingerprint density at radius 3 is 1.94 bits per heavy atom. The Balaban J connectivity index is 3.20. The third-order valence-corrected chi connectivity index (χ3v) is 2.49. The van der Waals surface area contributed by atoms with Crippen LogP contribution in [0, 0.1) is 0 Å². The highest BCUT2D eigenvalue weighted by Gasteiger charge is 2.11. The molecule has 0 saturated heterocycles. The molecule has 0 radical (unpaired) electrons. The number of thioether (sulfide) groups is 1. The number of hydrogen-bond donors (Lipinski definition) is 0. The largest absolute Gasteiger partial charge is 0.493 e. The number of benzene rings is 1. The smallest absolute Gasteiger partial charge is 0.203 e. The van der Waals surface area contributed by atoms with Crippen molar-refractivity contribution >= 4 is 17.8 Å². The van der Waals surface area contributed by atoms with Crippen LogP contribution in [0.4, 0.5) is 0 Å². The van der Waals surface area contributed by atoms with E-state index in [1.54, 1.807) is 33.1 Å². The Hall–Kier alpha value is -1.29. The van der Waals surface area contributed by atoms with Crippen LogP contribution in [0.2, 0.25) is 0 Å². The van der Waals surface area contributed by atoms with E-state index >= 15 is 0 Å². The molecule has 16 heavy (non-hydrogen) atoms. The van der Waals surface area contributed by atoms with Crippen LogP contribution >= 0.6 is 11.8 Å². The first kappa shape index (κ1) is 12.8. The molecule has 1 rings (SSSR count). The van der Waals surface area contributed by atoms with E-state index in [1.807, 2.05) is 29.9 Å². The Kier molecular flexibility index (Phi) is 5.05. The molecule has 0 aromatic heterocycles. The molecular weight excluding hydrogens is 224 g/mol. The van der Waals surface area contributed by atoms with Gasteiger partial charge in [-0.25, -0.2) is 0 Å². The van der Waals surface area contributed by atoms with Gasteiger partial charge in [-0.2, -0.15) is 0 Å². The summed E-state index contributed by atoms with van der Waals surface area (Å²) in [5.41, 5.74) is 1.02. The maximum atomic E-state index is 5.25. The van der Waals surface area contributed by atoms with Gasteiger partial charge in [-0.1, -0.05) is 0 Å². The topological polar surface area (TPSA) is 27.7 Å². The van der Waals surface area contributed by atoms with E-state index in [0.717, 1.165) is 5.56 Å². The second kappa shape index (κ2) is 6.33. The summed E-state index contributed by atoms with van der Waals surface area (Å²) in [5.74, 6) is 1.96. The van der Waals surface area contributed by atoms with Crippen molar-refractivity contribution < 1.29 is 14.2 Å². The van der Waals surface area contributed by atoms with Crippen molar-refractivity contribution in [2.24, 2.45) is 0 Å². The van der Waals surface area contributed by atoms with Gasteiger partial charge in [-0.05, 0) is 35.4 Å². The maximum absolute atomic E-state index is 5.25. The Morgan fingerprint density at radius 1 is 1.00 bits per heavy atom. The second-order valence-electron chi connectivity index (χ2n) is 3.00. The highest BCUT2D eigenvalue weighted by Crippen LogP contribution is 2.38. The monoisotopic (exact) mass is 240 g/mol. The maximum Gasteiger partial charge on any atom is 0.203 e. The third kappa shape index (κ3) is 2.85.